The van der Waals surface area contributed by atoms with Crippen LogP contribution in [-0.2, 0) is 6.18 Å². The number of aromatic nitrogens is 2. The molecule has 0 radical (unpaired) electrons. The molecule has 0 saturated carbocycles. The van der Waals surface area contributed by atoms with E-state index in [0.29, 0.717) is 18.1 Å². The maximum atomic E-state index is 13.0. The average Bonchev–Trinajstić information content (AvgIpc) is 2.61. The lowest BCUT2D eigenvalue weighted by atomic mass is 10.0. The first-order chi connectivity index (χ1) is 12.3. The fraction of sp³-hybridized carbons (Fsp3) is 0.353. The highest BCUT2D eigenvalue weighted by atomic mass is 19.4. The van der Waals surface area contributed by atoms with Crippen LogP contribution in [0.25, 0.3) is 11.4 Å². The molecule has 2 bridgehead atoms. The molecular formula is C17H16F3N5O. The van der Waals surface area contributed by atoms with Gasteiger partial charge in [-0.25, -0.2) is 14.8 Å². The molecule has 3 heterocycles. The number of carbonyl (C=O) groups is 1. The summed E-state index contributed by atoms with van der Waals surface area (Å²) in [6, 6.07) is 4.11. The number of urea groups is 1. The van der Waals surface area contributed by atoms with Crippen molar-refractivity contribution in [1.29, 1.82) is 0 Å². The van der Waals surface area contributed by atoms with Crippen molar-refractivity contribution in [3.05, 3.63) is 36.0 Å². The smallest absolute Gasteiger partial charge is 0.365 e. The fourth-order valence-electron chi connectivity index (χ4n) is 3.58. The Morgan fingerprint density at radius 3 is 2.85 bits per heavy atom. The molecule has 4 rings (SSSR count). The Labute approximate surface area is 147 Å². The van der Waals surface area contributed by atoms with E-state index in [4.69, 9.17) is 5.73 Å². The minimum absolute atomic E-state index is 0.0852. The van der Waals surface area contributed by atoms with Gasteiger partial charge in [0.05, 0.1) is 23.5 Å². The number of halogens is 3. The Hall–Kier alpha value is -2.84. The average molecular weight is 363 g/mol. The standard InChI is InChI=1S/C17H16F3N5O/c18-17(19,20)11-4-1-3-10(7-11)14-22-8-13-15(23-14)25(16(21)26)12-5-2-6-24(13)9-12/h1,3-4,7-8,12H,2,5-6,9H2,(H2,21,26). The van der Waals surface area contributed by atoms with E-state index in [0.717, 1.165) is 31.5 Å². The van der Waals surface area contributed by atoms with Crippen molar-refractivity contribution in [3.63, 3.8) is 0 Å². The lowest BCUT2D eigenvalue weighted by Gasteiger charge is -2.45. The number of anilines is 2. The van der Waals surface area contributed by atoms with Crippen LogP contribution in [0.3, 0.4) is 0 Å². The van der Waals surface area contributed by atoms with Crippen molar-refractivity contribution >= 4 is 17.5 Å². The number of benzene rings is 1. The van der Waals surface area contributed by atoms with Gasteiger partial charge in [-0.1, -0.05) is 12.1 Å². The molecule has 26 heavy (non-hydrogen) atoms. The summed E-state index contributed by atoms with van der Waals surface area (Å²) in [5, 5.41) is 0. The lowest BCUT2D eigenvalue weighted by Crippen LogP contribution is -2.56. The molecule has 2 N–H and O–H groups in total. The molecule has 1 saturated heterocycles. The number of piperidine rings is 1. The highest BCUT2D eigenvalue weighted by molar-refractivity contribution is 5.95. The molecular weight excluding hydrogens is 347 g/mol. The predicted molar refractivity (Wildman–Crippen MR) is 89.8 cm³/mol. The number of alkyl halides is 3. The zero-order valence-electron chi connectivity index (χ0n) is 13.7. The van der Waals surface area contributed by atoms with E-state index in [9.17, 15) is 18.0 Å². The third kappa shape index (κ3) is 2.73. The van der Waals surface area contributed by atoms with Crippen LogP contribution in [0, 0.1) is 0 Å². The molecule has 1 fully saturated rings. The molecule has 136 valence electrons. The van der Waals surface area contributed by atoms with E-state index < -0.39 is 17.8 Å². The number of carbonyl (C=O) groups excluding carboxylic acids is 1. The van der Waals surface area contributed by atoms with Gasteiger partial charge in [0.15, 0.2) is 11.6 Å². The third-order valence-corrected chi connectivity index (χ3v) is 4.77. The molecule has 2 amide bonds. The molecule has 2 aromatic rings. The summed E-state index contributed by atoms with van der Waals surface area (Å²) >= 11 is 0. The van der Waals surface area contributed by atoms with Gasteiger partial charge >= 0.3 is 12.2 Å². The SMILES string of the molecule is NC(=O)N1c2nc(-c3cccc(C(F)(F)F)c3)ncc2N2CCCC1C2. The van der Waals surface area contributed by atoms with Gasteiger partial charge in [0.25, 0.3) is 0 Å². The summed E-state index contributed by atoms with van der Waals surface area (Å²) in [5.41, 5.74) is 5.68. The first-order valence-corrected chi connectivity index (χ1v) is 8.23. The highest BCUT2D eigenvalue weighted by Crippen LogP contribution is 2.38. The predicted octanol–water partition coefficient (Wildman–Crippen LogP) is 3.03. The zero-order valence-corrected chi connectivity index (χ0v) is 13.7. The summed E-state index contributed by atoms with van der Waals surface area (Å²) in [5.74, 6) is 0.484. The van der Waals surface area contributed by atoms with Crippen LogP contribution < -0.4 is 15.5 Å². The highest BCUT2D eigenvalue weighted by Gasteiger charge is 2.38. The van der Waals surface area contributed by atoms with Crippen molar-refractivity contribution in [2.24, 2.45) is 5.73 Å². The Balaban J connectivity index is 1.81. The summed E-state index contributed by atoms with van der Waals surface area (Å²) < 4.78 is 38.9. The zero-order chi connectivity index (χ0) is 18.5. The van der Waals surface area contributed by atoms with Crippen LogP contribution in [-0.4, -0.2) is 35.1 Å². The summed E-state index contributed by atoms with van der Waals surface area (Å²) in [6.07, 6.45) is -1.17. The fourth-order valence-corrected chi connectivity index (χ4v) is 3.58. The monoisotopic (exact) mass is 363 g/mol. The summed E-state index contributed by atoms with van der Waals surface area (Å²) in [6.45, 7) is 1.48. The Morgan fingerprint density at radius 2 is 2.12 bits per heavy atom. The van der Waals surface area contributed by atoms with Crippen LogP contribution >= 0.6 is 0 Å². The maximum Gasteiger partial charge on any atom is 0.416 e. The van der Waals surface area contributed by atoms with Gasteiger partial charge in [-0.3, -0.25) is 4.90 Å². The Morgan fingerprint density at radius 1 is 1.31 bits per heavy atom. The van der Waals surface area contributed by atoms with Crippen LogP contribution in [0.1, 0.15) is 18.4 Å². The van der Waals surface area contributed by atoms with Crippen molar-refractivity contribution in [3.8, 4) is 11.4 Å². The number of nitrogens with two attached hydrogens (primary N) is 1. The van der Waals surface area contributed by atoms with E-state index >= 15 is 0 Å². The maximum absolute atomic E-state index is 13.0. The number of primary amides is 1. The summed E-state index contributed by atoms with van der Waals surface area (Å²) in [7, 11) is 0. The molecule has 2 aliphatic rings. The number of hydrogen-bond acceptors (Lipinski definition) is 4. The number of amides is 2. The van der Waals surface area contributed by atoms with Gasteiger partial charge in [0.1, 0.15) is 0 Å². The second-order valence-electron chi connectivity index (χ2n) is 6.43. The van der Waals surface area contributed by atoms with Gasteiger partial charge in [0.2, 0.25) is 0 Å². The molecule has 0 spiro atoms. The molecule has 1 aromatic carbocycles. The second kappa shape index (κ2) is 5.86. The van der Waals surface area contributed by atoms with E-state index in [1.54, 1.807) is 6.20 Å². The van der Waals surface area contributed by atoms with Crippen LogP contribution in [0.15, 0.2) is 30.5 Å². The van der Waals surface area contributed by atoms with Crippen molar-refractivity contribution < 1.29 is 18.0 Å². The van der Waals surface area contributed by atoms with Crippen molar-refractivity contribution in [2.45, 2.75) is 25.1 Å². The van der Waals surface area contributed by atoms with Gasteiger partial charge in [-0.2, -0.15) is 13.2 Å². The molecule has 9 heteroatoms. The molecule has 1 unspecified atom stereocenters. The van der Waals surface area contributed by atoms with E-state index in [1.807, 2.05) is 0 Å². The number of nitrogens with zero attached hydrogens (tertiary/aromatic N) is 4. The second-order valence-corrected chi connectivity index (χ2v) is 6.43. The Kier molecular flexibility index (Phi) is 3.74. The lowest BCUT2D eigenvalue weighted by molar-refractivity contribution is -0.137. The number of fused-ring (bicyclic) bond motifs is 4. The minimum Gasteiger partial charge on any atom is -0.365 e. The van der Waals surface area contributed by atoms with Crippen molar-refractivity contribution in [1.82, 2.24) is 9.97 Å². The van der Waals surface area contributed by atoms with Crippen LogP contribution in [0.5, 0.6) is 0 Å². The van der Waals surface area contributed by atoms with E-state index in [-0.39, 0.29) is 17.4 Å². The minimum atomic E-state index is -4.45. The van der Waals surface area contributed by atoms with E-state index in [2.05, 4.69) is 14.9 Å². The quantitative estimate of drug-likeness (QED) is 0.845. The first kappa shape index (κ1) is 16.6. The molecule has 6 nitrogen and oxygen atoms in total. The topological polar surface area (TPSA) is 75.4 Å². The Bertz CT molecular complexity index is 870. The van der Waals surface area contributed by atoms with Crippen LogP contribution in [0.4, 0.5) is 29.5 Å². The molecule has 0 aliphatic carbocycles. The van der Waals surface area contributed by atoms with Gasteiger partial charge < -0.3 is 10.6 Å². The third-order valence-electron chi connectivity index (χ3n) is 4.77. The number of hydrogen-bond donors (Lipinski definition) is 1. The number of rotatable bonds is 1. The van der Waals surface area contributed by atoms with Gasteiger partial charge in [0, 0.05) is 18.7 Å². The normalized spacial score (nSPS) is 19.3. The first-order valence-electron chi connectivity index (χ1n) is 8.23. The summed E-state index contributed by atoms with van der Waals surface area (Å²) in [4.78, 5) is 24.1. The molecule has 2 aliphatic heterocycles. The van der Waals surface area contributed by atoms with Gasteiger partial charge in [-0.05, 0) is 25.0 Å². The van der Waals surface area contributed by atoms with Crippen molar-refractivity contribution in [2.75, 3.05) is 22.9 Å². The molecule has 1 atom stereocenters. The molecule has 1 aromatic heterocycles. The van der Waals surface area contributed by atoms with E-state index in [1.165, 1.54) is 17.0 Å². The largest absolute Gasteiger partial charge is 0.416 e. The van der Waals surface area contributed by atoms with Crippen LogP contribution in [0.2, 0.25) is 0 Å². The van der Waals surface area contributed by atoms with Gasteiger partial charge in [-0.15, -0.1) is 0 Å².